The highest BCUT2D eigenvalue weighted by Gasteiger charge is 2.18. The molecule has 0 aliphatic heterocycles. The van der Waals surface area contributed by atoms with Crippen molar-refractivity contribution in [3.63, 3.8) is 0 Å². The Morgan fingerprint density at radius 2 is 1.83 bits per heavy atom. The fourth-order valence-corrected chi connectivity index (χ4v) is 2.73. The van der Waals surface area contributed by atoms with Crippen molar-refractivity contribution in [1.29, 1.82) is 0 Å². The number of aromatic nitrogens is 1. The summed E-state index contributed by atoms with van der Waals surface area (Å²) in [4.78, 5) is 4.55. The SMILES string of the molecule is Cc1nc2c(Cl)ccc(Cl)c2c(NN)c1C(C)C. The number of rotatable bonds is 2. The van der Waals surface area contributed by atoms with E-state index in [2.05, 4.69) is 24.3 Å². The zero-order chi connectivity index (χ0) is 13.4. The van der Waals surface area contributed by atoms with Crippen molar-refractivity contribution >= 4 is 39.8 Å². The summed E-state index contributed by atoms with van der Waals surface area (Å²) < 4.78 is 0. The Morgan fingerprint density at radius 3 is 2.39 bits per heavy atom. The molecule has 3 N–H and O–H groups in total. The van der Waals surface area contributed by atoms with Gasteiger partial charge in [-0.05, 0) is 25.0 Å². The van der Waals surface area contributed by atoms with E-state index >= 15 is 0 Å². The topological polar surface area (TPSA) is 50.9 Å². The van der Waals surface area contributed by atoms with E-state index in [9.17, 15) is 0 Å². The summed E-state index contributed by atoms with van der Waals surface area (Å²) in [5.41, 5.74) is 6.21. The second kappa shape index (κ2) is 4.92. The van der Waals surface area contributed by atoms with Crippen LogP contribution in [0.5, 0.6) is 0 Å². The van der Waals surface area contributed by atoms with E-state index in [1.165, 1.54) is 0 Å². The van der Waals surface area contributed by atoms with Crippen LogP contribution in [0.3, 0.4) is 0 Å². The monoisotopic (exact) mass is 283 g/mol. The average Bonchev–Trinajstić information content (AvgIpc) is 2.32. The molecule has 0 aliphatic rings. The summed E-state index contributed by atoms with van der Waals surface area (Å²) in [5, 5.41) is 1.95. The molecule has 0 spiro atoms. The maximum Gasteiger partial charge on any atom is 0.0927 e. The molecule has 18 heavy (non-hydrogen) atoms. The van der Waals surface area contributed by atoms with Gasteiger partial charge in [0.05, 0.1) is 21.2 Å². The molecule has 0 bridgehead atoms. The van der Waals surface area contributed by atoms with Gasteiger partial charge in [-0.3, -0.25) is 10.8 Å². The van der Waals surface area contributed by atoms with Crippen LogP contribution in [0.4, 0.5) is 5.69 Å². The number of hydrogen-bond acceptors (Lipinski definition) is 3. The van der Waals surface area contributed by atoms with Gasteiger partial charge in [-0.25, -0.2) is 0 Å². The minimum atomic E-state index is 0.294. The number of halogens is 2. The molecule has 0 saturated heterocycles. The number of nitrogen functional groups attached to an aromatic ring is 1. The third-order valence-corrected chi connectivity index (χ3v) is 3.61. The van der Waals surface area contributed by atoms with Crippen molar-refractivity contribution in [3.8, 4) is 0 Å². The van der Waals surface area contributed by atoms with Crippen LogP contribution in [0.25, 0.3) is 10.9 Å². The highest BCUT2D eigenvalue weighted by Crippen LogP contribution is 2.39. The van der Waals surface area contributed by atoms with Crippen molar-refractivity contribution in [2.24, 2.45) is 5.84 Å². The fourth-order valence-electron chi connectivity index (χ4n) is 2.29. The molecule has 0 amide bonds. The Hall–Kier alpha value is -1.03. The number of fused-ring (bicyclic) bond motifs is 1. The summed E-state index contributed by atoms with van der Waals surface area (Å²) in [7, 11) is 0. The lowest BCUT2D eigenvalue weighted by Crippen LogP contribution is -2.13. The summed E-state index contributed by atoms with van der Waals surface area (Å²) >= 11 is 12.4. The lowest BCUT2D eigenvalue weighted by Gasteiger charge is -2.18. The summed E-state index contributed by atoms with van der Waals surface area (Å²) in [5.74, 6) is 5.96. The molecule has 3 nitrogen and oxygen atoms in total. The van der Waals surface area contributed by atoms with Gasteiger partial charge in [-0.2, -0.15) is 0 Å². The van der Waals surface area contributed by atoms with Crippen LogP contribution in [0, 0.1) is 6.92 Å². The van der Waals surface area contributed by atoms with Crippen LogP contribution in [0.2, 0.25) is 10.0 Å². The van der Waals surface area contributed by atoms with Crippen LogP contribution < -0.4 is 11.3 Å². The molecule has 0 aliphatic carbocycles. The Balaban J connectivity index is 2.99. The van der Waals surface area contributed by atoms with Crippen LogP contribution in [-0.4, -0.2) is 4.98 Å². The second-order valence-corrected chi connectivity index (χ2v) is 5.35. The Bertz CT molecular complexity index is 609. The van der Waals surface area contributed by atoms with Gasteiger partial charge in [0.15, 0.2) is 0 Å². The molecule has 0 fully saturated rings. The zero-order valence-corrected chi connectivity index (χ0v) is 12.0. The zero-order valence-electron chi connectivity index (χ0n) is 10.5. The number of nitrogens with two attached hydrogens (primary N) is 1. The number of anilines is 1. The predicted molar refractivity (Wildman–Crippen MR) is 78.4 cm³/mol. The van der Waals surface area contributed by atoms with Gasteiger partial charge in [-0.1, -0.05) is 37.0 Å². The van der Waals surface area contributed by atoms with Crippen molar-refractivity contribution < 1.29 is 0 Å². The first kappa shape index (κ1) is 13.4. The fraction of sp³-hybridized carbons (Fsp3) is 0.308. The molecular weight excluding hydrogens is 269 g/mol. The smallest absolute Gasteiger partial charge is 0.0927 e. The molecule has 1 aromatic carbocycles. The number of aryl methyl sites for hydroxylation is 1. The number of benzene rings is 1. The Kier molecular flexibility index (Phi) is 3.66. The number of nitrogens with one attached hydrogen (secondary N) is 1. The molecule has 0 radical (unpaired) electrons. The van der Waals surface area contributed by atoms with Gasteiger partial charge in [0, 0.05) is 16.6 Å². The van der Waals surface area contributed by atoms with E-state index in [0.717, 1.165) is 22.3 Å². The van der Waals surface area contributed by atoms with Crippen molar-refractivity contribution in [2.75, 3.05) is 5.43 Å². The van der Waals surface area contributed by atoms with Gasteiger partial charge in [0.25, 0.3) is 0 Å². The highest BCUT2D eigenvalue weighted by atomic mass is 35.5. The molecular formula is C13H15Cl2N3. The van der Waals surface area contributed by atoms with E-state index in [1.807, 2.05) is 6.92 Å². The molecule has 0 atom stereocenters. The third-order valence-electron chi connectivity index (χ3n) is 2.99. The first-order chi connectivity index (χ1) is 8.47. The summed E-state index contributed by atoms with van der Waals surface area (Å²) in [6, 6.07) is 3.50. The van der Waals surface area contributed by atoms with E-state index < -0.39 is 0 Å². The molecule has 1 aromatic heterocycles. The van der Waals surface area contributed by atoms with Gasteiger partial charge >= 0.3 is 0 Å². The first-order valence-electron chi connectivity index (χ1n) is 5.72. The number of pyridine rings is 1. The lowest BCUT2D eigenvalue weighted by atomic mass is 9.97. The van der Waals surface area contributed by atoms with Gasteiger partial charge in [0.2, 0.25) is 0 Å². The predicted octanol–water partition coefficient (Wildman–Crippen LogP) is 4.26. The quantitative estimate of drug-likeness (QED) is 0.640. The molecule has 0 unspecified atom stereocenters. The van der Waals surface area contributed by atoms with Crippen molar-refractivity contribution in [2.45, 2.75) is 26.7 Å². The van der Waals surface area contributed by atoms with E-state index in [-0.39, 0.29) is 0 Å². The van der Waals surface area contributed by atoms with E-state index in [0.29, 0.717) is 21.5 Å². The minimum absolute atomic E-state index is 0.294. The molecule has 2 aromatic rings. The molecule has 0 saturated carbocycles. The standard InChI is InChI=1S/C13H15Cl2N3/c1-6(2)10-7(3)17-12-9(15)5-4-8(14)11(12)13(10)18-16/h4-6H,16H2,1-3H3,(H,17,18). The third kappa shape index (κ3) is 2.03. The van der Waals surface area contributed by atoms with Crippen LogP contribution in [0.1, 0.15) is 31.0 Å². The van der Waals surface area contributed by atoms with Gasteiger partial charge in [-0.15, -0.1) is 0 Å². The minimum Gasteiger partial charge on any atom is -0.323 e. The highest BCUT2D eigenvalue weighted by molar-refractivity contribution is 6.41. The Labute approximate surface area is 116 Å². The number of nitrogens with zero attached hydrogens (tertiary/aromatic N) is 1. The average molecular weight is 284 g/mol. The lowest BCUT2D eigenvalue weighted by molar-refractivity contribution is 0.848. The maximum atomic E-state index is 6.25. The van der Waals surface area contributed by atoms with E-state index in [4.69, 9.17) is 29.0 Å². The van der Waals surface area contributed by atoms with Crippen LogP contribution in [0.15, 0.2) is 12.1 Å². The van der Waals surface area contributed by atoms with E-state index in [1.54, 1.807) is 12.1 Å². The van der Waals surface area contributed by atoms with Crippen LogP contribution in [-0.2, 0) is 0 Å². The molecule has 96 valence electrons. The molecule has 2 rings (SSSR count). The Morgan fingerprint density at radius 1 is 1.22 bits per heavy atom. The summed E-state index contributed by atoms with van der Waals surface area (Å²) in [6.45, 7) is 6.14. The number of hydrazine groups is 1. The van der Waals surface area contributed by atoms with Gasteiger partial charge < -0.3 is 5.43 Å². The van der Waals surface area contributed by atoms with Crippen LogP contribution >= 0.6 is 23.2 Å². The normalized spacial score (nSPS) is 11.3. The molecule has 1 heterocycles. The second-order valence-electron chi connectivity index (χ2n) is 4.54. The maximum absolute atomic E-state index is 6.25. The van der Waals surface area contributed by atoms with Gasteiger partial charge in [0.1, 0.15) is 0 Å². The first-order valence-corrected chi connectivity index (χ1v) is 6.47. The largest absolute Gasteiger partial charge is 0.323 e. The molecule has 5 heteroatoms. The van der Waals surface area contributed by atoms with Crippen molar-refractivity contribution in [3.05, 3.63) is 33.4 Å². The van der Waals surface area contributed by atoms with Crippen molar-refractivity contribution in [1.82, 2.24) is 4.98 Å². The summed E-state index contributed by atoms with van der Waals surface area (Å²) in [6.07, 6.45) is 0. The number of hydrogen-bond donors (Lipinski definition) is 2.